The highest BCUT2D eigenvalue weighted by molar-refractivity contribution is 14.0. The summed E-state index contributed by atoms with van der Waals surface area (Å²) in [5, 5.41) is 0. The van der Waals surface area contributed by atoms with Crippen LogP contribution >= 0.6 is 24.0 Å². The predicted octanol–water partition coefficient (Wildman–Crippen LogP) is 1.43. The molecule has 0 aliphatic rings. The van der Waals surface area contributed by atoms with Crippen LogP contribution in [0.4, 0.5) is 0 Å². The first kappa shape index (κ1) is 17.2. The number of hydrogen-bond donors (Lipinski definition) is 0. The topological polar surface area (TPSA) is 30.9 Å². The maximum absolute atomic E-state index is 5.29. The average molecular weight is 335 g/mol. The molecule has 0 N–H and O–H groups in total. The molecule has 0 aromatic rings. The average Bonchev–Trinajstić information content (AvgIpc) is 2.13. The van der Waals surface area contributed by atoms with Crippen LogP contribution in [0.2, 0.25) is 6.04 Å². The summed E-state index contributed by atoms with van der Waals surface area (Å²) in [6.07, 6.45) is 1.04. The maximum Gasteiger partial charge on any atom is 0.500 e. The predicted molar refractivity (Wildman–Crippen MR) is 70.2 cm³/mol. The van der Waals surface area contributed by atoms with Gasteiger partial charge >= 0.3 is 8.80 Å². The molecule has 0 aromatic carbocycles. The zero-order valence-electron chi connectivity index (χ0n) is 9.70. The molecule has 4 nitrogen and oxygen atoms in total. The van der Waals surface area contributed by atoms with Gasteiger partial charge in [-0.2, -0.15) is 0 Å². The molecule has 0 saturated carbocycles. The fourth-order valence-corrected chi connectivity index (χ4v) is 2.87. The summed E-state index contributed by atoms with van der Waals surface area (Å²) in [7, 11) is 6.73. The fourth-order valence-electron chi connectivity index (χ4n) is 1.17. The van der Waals surface area contributed by atoms with Crippen LogP contribution in [-0.2, 0) is 13.3 Å². The molecule has 0 aliphatic heterocycles. The van der Waals surface area contributed by atoms with Crippen LogP contribution in [0.15, 0.2) is 0 Å². The minimum Gasteiger partial charge on any atom is -0.377 e. The standard InChI is InChI=1S/C8H21NO3Si.HI/c1-9(2)7-6-8-13(10-3,11-4)12-5;/h6-8H2,1-5H3;1H. The largest absolute Gasteiger partial charge is 0.500 e. The molecule has 0 heterocycles. The van der Waals surface area contributed by atoms with Crippen molar-refractivity contribution in [3.8, 4) is 0 Å². The van der Waals surface area contributed by atoms with Gasteiger partial charge < -0.3 is 18.2 Å². The second-order valence-corrected chi connectivity index (χ2v) is 6.29. The second-order valence-electron chi connectivity index (χ2n) is 3.20. The van der Waals surface area contributed by atoms with Crippen molar-refractivity contribution in [1.82, 2.24) is 4.90 Å². The summed E-state index contributed by atoms with van der Waals surface area (Å²) in [5.74, 6) is 0. The monoisotopic (exact) mass is 335 g/mol. The number of halogens is 1. The lowest BCUT2D eigenvalue weighted by Gasteiger charge is -2.24. The summed E-state index contributed by atoms with van der Waals surface area (Å²) in [6.45, 7) is 1.03. The van der Waals surface area contributed by atoms with E-state index in [-0.39, 0.29) is 24.0 Å². The van der Waals surface area contributed by atoms with E-state index in [0.717, 1.165) is 19.0 Å². The van der Waals surface area contributed by atoms with Gasteiger partial charge in [0, 0.05) is 27.4 Å². The number of rotatable bonds is 7. The van der Waals surface area contributed by atoms with E-state index in [0.29, 0.717) is 0 Å². The van der Waals surface area contributed by atoms with Crippen LogP contribution < -0.4 is 0 Å². The highest BCUT2D eigenvalue weighted by Crippen LogP contribution is 2.14. The van der Waals surface area contributed by atoms with Gasteiger partial charge in [0.2, 0.25) is 0 Å². The lowest BCUT2D eigenvalue weighted by atomic mass is 10.5. The van der Waals surface area contributed by atoms with E-state index in [2.05, 4.69) is 19.0 Å². The zero-order valence-corrected chi connectivity index (χ0v) is 13.0. The van der Waals surface area contributed by atoms with Crippen molar-refractivity contribution in [2.45, 2.75) is 12.5 Å². The summed E-state index contributed by atoms with van der Waals surface area (Å²) in [4.78, 5) is 2.14. The van der Waals surface area contributed by atoms with Crippen LogP contribution in [0.1, 0.15) is 6.42 Å². The minimum absolute atomic E-state index is 0. The molecule has 0 bridgehead atoms. The number of nitrogens with zero attached hydrogens (tertiary/aromatic N) is 1. The third kappa shape index (κ3) is 6.30. The molecule has 0 aliphatic carbocycles. The van der Waals surface area contributed by atoms with Crippen LogP contribution in [-0.4, -0.2) is 55.7 Å². The van der Waals surface area contributed by atoms with E-state index in [4.69, 9.17) is 13.3 Å². The summed E-state index contributed by atoms with van der Waals surface area (Å²) >= 11 is 0. The summed E-state index contributed by atoms with van der Waals surface area (Å²) < 4.78 is 15.9. The molecule has 0 rings (SSSR count). The van der Waals surface area contributed by atoms with Gasteiger partial charge in [0.1, 0.15) is 0 Å². The van der Waals surface area contributed by atoms with Crippen LogP contribution in [0.25, 0.3) is 0 Å². The van der Waals surface area contributed by atoms with Crippen molar-refractivity contribution in [2.24, 2.45) is 0 Å². The third-order valence-corrected chi connectivity index (χ3v) is 4.85. The van der Waals surface area contributed by atoms with Gasteiger partial charge in [-0.25, -0.2) is 0 Å². The van der Waals surface area contributed by atoms with E-state index in [1.807, 2.05) is 0 Å². The Morgan fingerprint density at radius 1 is 1.00 bits per heavy atom. The van der Waals surface area contributed by atoms with Crippen molar-refractivity contribution in [1.29, 1.82) is 0 Å². The van der Waals surface area contributed by atoms with Crippen LogP contribution in [0.5, 0.6) is 0 Å². The summed E-state index contributed by atoms with van der Waals surface area (Å²) in [6, 6.07) is 0.870. The van der Waals surface area contributed by atoms with E-state index >= 15 is 0 Å². The van der Waals surface area contributed by atoms with E-state index < -0.39 is 8.80 Å². The Kier molecular flexibility index (Phi) is 11.1. The van der Waals surface area contributed by atoms with Gasteiger partial charge in [-0.15, -0.1) is 24.0 Å². The lowest BCUT2D eigenvalue weighted by molar-refractivity contribution is 0.122. The van der Waals surface area contributed by atoms with Crippen molar-refractivity contribution in [2.75, 3.05) is 42.0 Å². The molecule has 0 fully saturated rings. The van der Waals surface area contributed by atoms with Crippen molar-refractivity contribution in [3.05, 3.63) is 0 Å². The van der Waals surface area contributed by atoms with E-state index in [1.165, 1.54) is 0 Å². The van der Waals surface area contributed by atoms with Crippen molar-refractivity contribution >= 4 is 32.8 Å². The molecule has 0 spiro atoms. The molecule has 88 valence electrons. The smallest absolute Gasteiger partial charge is 0.377 e. The molecule has 0 radical (unpaired) electrons. The van der Waals surface area contributed by atoms with Gasteiger partial charge in [-0.05, 0) is 27.1 Å². The quantitative estimate of drug-likeness (QED) is 0.520. The normalized spacial score (nSPS) is 11.6. The zero-order chi connectivity index (χ0) is 10.3. The van der Waals surface area contributed by atoms with Crippen LogP contribution in [0, 0.1) is 0 Å². The first-order chi connectivity index (χ1) is 6.10. The highest BCUT2D eigenvalue weighted by atomic mass is 127. The Hall–Kier alpha value is 0.787. The minimum atomic E-state index is -2.31. The van der Waals surface area contributed by atoms with Gasteiger partial charge in [0.25, 0.3) is 0 Å². The molecule has 0 aromatic heterocycles. The molecule has 0 atom stereocenters. The molecular weight excluding hydrogens is 313 g/mol. The fraction of sp³-hybridized carbons (Fsp3) is 1.00. The van der Waals surface area contributed by atoms with Crippen molar-refractivity contribution in [3.63, 3.8) is 0 Å². The summed E-state index contributed by atoms with van der Waals surface area (Å²) in [5.41, 5.74) is 0. The SMILES string of the molecule is CO[Si](CCCN(C)C)(OC)OC.I. The Bertz CT molecular complexity index is 125. The third-order valence-electron chi connectivity index (χ3n) is 2.02. The number of hydrogen-bond acceptors (Lipinski definition) is 4. The van der Waals surface area contributed by atoms with Gasteiger partial charge in [-0.1, -0.05) is 0 Å². The van der Waals surface area contributed by atoms with E-state index in [9.17, 15) is 0 Å². The molecule has 0 unspecified atom stereocenters. The Morgan fingerprint density at radius 2 is 1.43 bits per heavy atom. The Morgan fingerprint density at radius 3 is 1.71 bits per heavy atom. The molecule has 0 amide bonds. The van der Waals surface area contributed by atoms with Gasteiger partial charge in [0.15, 0.2) is 0 Å². The molecule has 14 heavy (non-hydrogen) atoms. The van der Waals surface area contributed by atoms with Gasteiger partial charge in [0.05, 0.1) is 0 Å². The Balaban J connectivity index is 0. The Labute approximate surface area is 105 Å². The maximum atomic E-state index is 5.29. The lowest BCUT2D eigenvalue weighted by Crippen LogP contribution is -2.43. The highest BCUT2D eigenvalue weighted by Gasteiger charge is 2.36. The first-order valence-corrected chi connectivity index (χ1v) is 6.33. The van der Waals surface area contributed by atoms with Crippen LogP contribution in [0.3, 0.4) is 0 Å². The van der Waals surface area contributed by atoms with Gasteiger partial charge in [-0.3, -0.25) is 0 Å². The molecular formula is C8H22INO3Si. The molecule has 0 saturated heterocycles. The molecule has 6 heteroatoms. The van der Waals surface area contributed by atoms with Crippen molar-refractivity contribution < 1.29 is 13.3 Å². The second kappa shape index (κ2) is 9.04. The van der Waals surface area contributed by atoms with E-state index in [1.54, 1.807) is 21.3 Å². The first-order valence-electron chi connectivity index (χ1n) is 4.40.